The van der Waals surface area contributed by atoms with Crippen LogP contribution in [0.25, 0.3) is 0 Å². The molecule has 6 heteroatoms. The lowest BCUT2D eigenvalue weighted by atomic mass is 9.93. The largest absolute Gasteiger partial charge is 0.451 e. The second kappa shape index (κ2) is 7.56. The molecule has 0 spiro atoms. The molecule has 2 heterocycles. The summed E-state index contributed by atoms with van der Waals surface area (Å²) in [4.78, 5) is 27.6. The molecule has 4 rings (SSSR count). The zero-order valence-electron chi connectivity index (χ0n) is 15.7. The van der Waals surface area contributed by atoms with Crippen LogP contribution < -0.4 is 0 Å². The fourth-order valence-corrected chi connectivity index (χ4v) is 6.53. The first kappa shape index (κ1) is 19.5. The molecule has 0 N–H and O–H groups in total. The van der Waals surface area contributed by atoms with Gasteiger partial charge in [0.25, 0.3) is 0 Å². The predicted octanol–water partition coefficient (Wildman–Crippen LogP) is 4.39. The van der Waals surface area contributed by atoms with Gasteiger partial charge in [-0.15, -0.1) is 11.8 Å². The van der Waals surface area contributed by atoms with Crippen LogP contribution in [-0.2, 0) is 14.3 Å². The number of carbonyl (C=O) groups is 2. The van der Waals surface area contributed by atoms with Gasteiger partial charge in [-0.25, -0.2) is 4.79 Å². The van der Waals surface area contributed by atoms with Gasteiger partial charge in [0, 0.05) is 10.1 Å². The number of alkyl halides is 1. The number of hydrogen-bond acceptors (Lipinski definition) is 4. The van der Waals surface area contributed by atoms with Gasteiger partial charge in [-0.3, -0.25) is 4.79 Å². The van der Waals surface area contributed by atoms with Crippen molar-refractivity contribution in [2.24, 2.45) is 5.92 Å². The molecular weight excluding hydrogens is 438 g/mol. The highest BCUT2D eigenvalue weighted by Crippen LogP contribution is 2.54. The highest BCUT2D eigenvalue weighted by molar-refractivity contribution is 9.09. The maximum absolute atomic E-state index is 13.3. The van der Waals surface area contributed by atoms with E-state index in [0.717, 1.165) is 11.1 Å². The second-order valence-electron chi connectivity index (χ2n) is 7.66. The van der Waals surface area contributed by atoms with E-state index in [1.54, 1.807) is 16.7 Å². The normalized spacial score (nSPS) is 25.4. The molecule has 0 unspecified atom stereocenters. The van der Waals surface area contributed by atoms with E-state index in [-0.39, 0.29) is 23.2 Å². The quantitative estimate of drug-likeness (QED) is 0.377. The summed E-state index contributed by atoms with van der Waals surface area (Å²) in [5.41, 5.74) is 1.82. The Morgan fingerprint density at radius 2 is 1.64 bits per heavy atom. The van der Waals surface area contributed by atoms with Crippen LogP contribution in [0.2, 0.25) is 0 Å². The van der Waals surface area contributed by atoms with Gasteiger partial charge >= 0.3 is 5.97 Å². The molecule has 0 bridgehead atoms. The third kappa shape index (κ3) is 3.26. The number of esters is 1. The number of halogens is 1. The molecule has 0 saturated carbocycles. The number of ether oxygens (including phenoxy) is 1. The molecule has 1 amide bonds. The Labute approximate surface area is 177 Å². The van der Waals surface area contributed by atoms with Crippen molar-refractivity contribution in [2.75, 3.05) is 5.33 Å². The summed E-state index contributed by atoms with van der Waals surface area (Å²) in [6.45, 7) is 4.03. The fraction of sp³-hybridized carbons (Fsp3) is 0.364. The highest BCUT2D eigenvalue weighted by Gasteiger charge is 2.63. The van der Waals surface area contributed by atoms with Crippen LogP contribution in [0.1, 0.15) is 31.1 Å². The number of fused-ring (bicyclic) bond motifs is 1. The maximum atomic E-state index is 13.3. The number of carbonyl (C=O) groups excluding carboxylic acids is 2. The molecule has 146 valence electrons. The Morgan fingerprint density at radius 1 is 1.11 bits per heavy atom. The molecule has 0 aromatic heterocycles. The fourth-order valence-electron chi connectivity index (χ4n) is 3.98. The summed E-state index contributed by atoms with van der Waals surface area (Å²) in [5.74, 6) is -0.391. The van der Waals surface area contributed by atoms with Gasteiger partial charge in [-0.2, -0.15) is 0 Å². The molecule has 2 aliphatic rings. The molecule has 2 aliphatic heterocycles. The number of hydrogen-bond donors (Lipinski definition) is 0. The average molecular weight is 460 g/mol. The minimum atomic E-state index is -0.583. The van der Waals surface area contributed by atoms with E-state index >= 15 is 0 Å². The molecule has 3 atom stereocenters. The van der Waals surface area contributed by atoms with Gasteiger partial charge in [-0.05, 0) is 25.0 Å². The number of rotatable bonds is 5. The summed E-state index contributed by atoms with van der Waals surface area (Å²) >= 11 is 5.11. The zero-order valence-corrected chi connectivity index (χ0v) is 18.2. The summed E-state index contributed by atoms with van der Waals surface area (Å²) in [7, 11) is 0. The van der Waals surface area contributed by atoms with Crippen LogP contribution in [-0.4, -0.2) is 38.3 Å². The van der Waals surface area contributed by atoms with Gasteiger partial charge in [0.15, 0.2) is 6.10 Å². The molecule has 4 nitrogen and oxygen atoms in total. The predicted molar refractivity (Wildman–Crippen MR) is 114 cm³/mol. The number of nitrogens with zero attached hydrogens (tertiary/aromatic N) is 1. The lowest BCUT2D eigenvalue weighted by Crippen LogP contribution is -2.63. The topological polar surface area (TPSA) is 46.6 Å². The van der Waals surface area contributed by atoms with Crippen molar-refractivity contribution in [2.45, 2.75) is 36.1 Å². The molecule has 2 saturated heterocycles. The Hall–Kier alpha value is -1.79. The van der Waals surface area contributed by atoms with Crippen LogP contribution in [0.4, 0.5) is 0 Å². The molecule has 0 radical (unpaired) electrons. The Morgan fingerprint density at radius 3 is 2.14 bits per heavy atom. The van der Waals surface area contributed by atoms with Gasteiger partial charge in [0.2, 0.25) is 5.91 Å². The minimum absolute atomic E-state index is 0.0258. The third-order valence-corrected chi connectivity index (χ3v) is 7.70. The van der Waals surface area contributed by atoms with Crippen LogP contribution >= 0.6 is 27.7 Å². The van der Waals surface area contributed by atoms with E-state index in [1.165, 1.54) is 0 Å². The van der Waals surface area contributed by atoms with E-state index < -0.39 is 16.9 Å². The van der Waals surface area contributed by atoms with Crippen molar-refractivity contribution in [3.8, 4) is 0 Å². The van der Waals surface area contributed by atoms with Crippen molar-refractivity contribution in [1.82, 2.24) is 4.90 Å². The first-order chi connectivity index (χ1) is 13.4. The summed E-state index contributed by atoms with van der Waals surface area (Å²) in [6.07, 6.45) is -0.502. The summed E-state index contributed by atoms with van der Waals surface area (Å²) in [6, 6.07) is 18.9. The smallest absolute Gasteiger partial charge is 0.331 e. The van der Waals surface area contributed by atoms with Crippen molar-refractivity contribution in [3.63, 3.8) is 0 Å². The van der Waals surface area contributed by atoms with Crippen LogP contribution in [0.15, 0.2) is 60.7 Å². The first-order valence-corrected chi connectivity index (χ1v) is 11.3. The Bertz CT molecular complexity index is 834. The number of amides is 1. The number of thioether (sulfide) groups is 1. The molecule has 2 aromatic rings. The molecule has 28 heavy (non-hydrogen) atoms. The van der Waals surface area contributed by atoms with Gasteiger partial charge in [-0.1, -0.05) is 76.6 Å². The minimum Gasteiger partial charge on any atom is -0.451 e. The monoisotopic (exact) mass is 459 g/mol. The third-order valence-electron chi connectivity index (χ3n) is 5.38. The lowest BCUT2D eigenvalue weighted by molar-refractivity contribution is -0.167. The van der Waals surface area contributed by atoms with Crippen molar-refractivity contribution in [3.05, 3.63) is 71.8 Å². The maximum Gasteiger partial charge on any atom is 0.331 e. The highest BCUT2D eigenvalue weighted by atomic mass is 79.9. The molecule has 0 aliphatic carbocycles. The van der Waals surface area contributed by atoms with E-state index in [0.29, 0.717) is 5.33 Å². The average Bonchev–Trinajstić information content (AvgIpc) is 2.95. The van der Waals surface area contributed by atoms with E-state index in [9.17, 15) is 9.59 Å². The van der Waals surface area contributed by atoms with Gasteiger partial charge in [0.05, 0.1) is 11.3 Å². The van der Waals surface area contributed by atoms with Crippen LogP contribution in [0.3, 0.4) is 0 Å². The first-order valence-electron chi connectivity index (χ1n) is 9.30. The molecular formula is C22H22BrNO3S. The van der Waals surface area contributed by atoms with E-state index in [1.807, 2.05) is 74.5 Å². The van der Waals surface area contributed by atoms with Gasteiger partial charge in [0.1, 0.15) is 6.04 Å². The summed E-state index contributed by atoms with van der Waals surface area (Å²) in [5, 5.41) is 0.653. The molecule has 2 aromatic carbocycles. The van der Waals surface area contributed by atoms with Crippen LogP contribution in [0, 0.1) is 5.92 Å². The summed E-state index contributed by atoms with van der Waals surface area (Å²) < 4.78 is 5.66. The Balaban J connectivity index is 1.62. The van der Waals surface area contributed by atoms with Crippen LogP contribution in [0.5, 0.6) is 0 Å². The van der Waals surface area contributed by atoms with Crippen molar-refractivity contribution >= 4 is 39.6 Å². The number of β-lactam (4-membered cyclic amide) rings is 1. The second-order valence-corrected chi connectivity index (χ2v) is 10.1. The van der Waals surface area contributed by atoms with Crippen molar-refractivity contribution < 1.29 is 14.3 Å². The SMILES string of the molecule is CC1(C)S[C@@H]2[C@H](CBr)C(=O)N2[C@H]1C(=O)OC(c1ccccc1)c1ccccc1. The van der Waals surface area contributed by atoms with E-state index in [2.05, 4.69) is 15.9 Å². The van der Waals surface area contributed by atoms with Gasteiger partial charge < -0.3 is 9.64 Å². The zero-order chi connectivity index (χ0) is 19.9. The molecule has 2 fully saturated rings. The standard InChI is InChI=1S/C22H22BrNO3S/c1-22(2)18(24-19(25)16(13-23)20(24)28-22)21(26)27-17(14-9-5-3-6-10-14)15-11-7-4-8-12-15/h3-12,16-18,20H,13H2,1-2H3/t16-,18+,20-/m1/s1. The van der Waals surface area contributed by atoms with Crippen molar-refractivity contribution in [1.29, 1.82) is 0 Å². The lowest BCUT2D eigenvalue weighted by Gasteiger charge is -2.43. The number of benzene rings is 2. The Kier molecular flexibility index (Phi) is 5.27. The van der Waals surface area contributed by atoms with E-state index in [4.69, 9.17) is 4.74 Å².